The van der Waals surface area contributed by atoms with Crippen LogP contribution in [-0.2, 0) is 9.47 Å². The van der Waals surface area contributed by atoms with Gasteiger partial charge < -0.3 is 25.2 Å². The lowest BCUT2D eigenvalue weighted by atomic mass is 10.1. The minimum atomic E-state index is -0.581. The lowest BCUT2D eigenvalue weighted by Gasteiger charge is -2.23. The summed E-state index contributed by atoms with van der Waals surface area (Å²) in [5, 5.41) is 14.5. The van der Waals surface area contributed by atoms with Crippen LogP contribution in [0.3, 0.4) is 0 Å². The molecular weight excluding hydrogens is 288 g/mol. The SMILES string of the molecule is CC(C)(C)OC(=O)NCCC[C@@H](CO)NC(=O)OC(C)(C)C. The van der Waals surface area contributed by atoms with Crippen LogP contribution in [0.1, 0.15) is 54.4 Å². The monoisotopic (exact) mass is 318 g/mol. The minimum absolute atomic E-state index is 0.189. The van der Waals surface area contributed by atoms with E-state index in [0.29, 0.717) is 19.4 Å². The molecule has 0 aliphatic heterocycles. The Morgan fingerprint density at radius 3 is 1.95 bits per heavy atom. The van der Waals surface area contributed by atoms with Gasteiger partial charge >= 0.3 is 12.2 Å². The maximum absolute atomic E-state index is 11.6. The van der Waals surface area contributed by atoms with Gasteiger partial charge in [0.1, 0.15) is 11.2 Å². The third-order valence-electron chi connectivity index (χ3n) is 2.34. The van der Waals surface area contributed by atoms with Crippen LogP contribution in [-0.4, -0.2) is 47.7 Å². The summed E-state index contributed by atoms with van der Waals surface area (Å²) < 4.78 is 10.2. The van der Waals surface area contributed by atoms with Gasteiger partial charge in [-0.1, -0.05) is 0 Å². The van der Waals surface area contributed by atoms with E-state index in [2.05, 4.69) is 10.6 Å². The van der Waals surface area contributed by atoms with Crippen LogP contribution in [0.15, 0.2) is 0 Å². The lowest BCUT2D eigenvalue weighted by molar-refractivity contribution is 0.0469. The van der Waals surface area contributed by atoms with Gasteiger partial charge in [-0.05, 0) is 54.4 Å². The molecule has 3 N–H and O–H groups in total. The highest BCUT2D eigenvalue weighted by atomic mass is 16.6. The third kappa shape index (κ3) is 12.3. The predicted molar refractivity (Wildman–Crippen MR) is 83.7 cm³/mol. The Morgan fingerprint density at radius 1 is 1.00 bits per heavy atom. The van der Waals surface area contributed by atoms with Crippen LogP contribution in [0.25, 0.3) is 0 Å². The van der Waals surface area contributed by atoms with Crippen LogP contribution in [0.2, 0.25) is 0 Å². The van der Waals surface area contributed by atoms with Gasteiger partial charge in [0.25, 0.3) is 0 Å². The number of carbonyl (C=O) groups excluding carboxylic acids is 2. The molecule has 130 valence electrons. The molecule has 0 aliphatic carbocycles. The fourth-order valence-electron chi connectivity index (χ4n) is 1.54. The molecule has 0 aromatic rings. The molecule has 0 unspecified atom stereocenters. The average molecular weight is 318 g/mol. The third-order valence-corrected chi connectivity index (χ3v) is 2.34. The fraction of sp³-hybridized carbons (Fsp3) is 0.867. The lowest BCUT2D eigenvalue weighted by Crippen LogP contribution is -2.41. The molecule has 0 heterocycles. The Morgan fingerprint density at radius 2 is 1.50 bits per heavy atom. The summed E-state index contributed by atoms with van der Waals surface area (Å²) in [7, 11) is 0. The predicted octanol–water partition coefficient (Wildman–Crippen LogP) is 2.18. The first-order valence-corrected chi connectivity index (χ1v) is 7.50. The summed E-state index contributed by atoms with van der Waals surface area (Å²) in [6, 6.07) is -0.407. The van der Waals surface area contributed by atoms with Gasteiger partial charge in [-0.25, -0.2) is 9.59 Å². The van der Waals surface area contributed by atoms with E-state index in [4.69, 9.17) is 9.47 Å². The average Bonchev–Trinajstić information content (AvgIpc) is 2.28. The van der Waals surface area contributed by atoms with E-state index in [1.807, 2.05) is 0 Å². The van der Waals surface area contributed by atoms with Crippen molar-refractivity contribution >= 4 is 12.2 Å². The molecule has 0 bridgehead atoms. The molecule has 0 aromatic heterocycles. The number of aliphatic hydroxyl groups is 1. The second kappa shape index (κ2) is 8.82. The van der Waals surface area contributed by atoms with Crippen LogP contribution < -0.4 is 10.6 Å². The van der Waals surface area contributed by atoms with Crippen LogP contribution in [0.5, 0.6) is 0 Å². The number of nitrogens with one attached hydrogen (secondary N) is 2. The Hall–Kier alpha value is -1.50. The highest BCUT2D eigenvalue weighted by Gasteiger charge is 2.19. The largest absolute Gasteiger partial charge is 0.444 e. The molecule has 0 saturated heterocycles. The van der Waals surface area contributed by atoms with Crippen LogP contribution >= 0.6 is 0 Å². The highest BCUT2D eigenvalue weighted by Crippen LogP contribution is 2.08. The van der Waals surface area contributed by atoms with Gasteiger partial charge in [-0.3, -0.25) is 0 Å². The molecule has 0 aliphatic rings. The molecule has 7 nitrogen and oxygen atoms in total. The van der Waals surface area contributed by atoms with Crippen molar-refractivity contribution in [1.82, 2.24) is 10.6 Å². The van der Waals surface area contributed by atoms with Crippen molar-refractivity contribution in [2.45, 2.75) is 71.6 Å². The quantitative estimate of drug-likeness (QED) is 0.652. The standard InChI is InChI=1S/C15H30N2O5/c1-14(2,3)21-12(19)16-9-7-8-11(10-18)17-13(20)22-15(4,5)6/h11,18H,7-10H2,1-6H3,(H,16,19)(H,17,20)/t11-/m0/s1. The zero-order valence-electron chi connectivity index (χ0n) is 14.5. The van der Waals surface area contributed by atoms with Crippen molar-refractivity contribution in [1.29, 1.82) is 0 Å². The molecular formula is C15H30N2O5. The first kappa shape index (κ1) is 20.5. The van der Waals surface area contributed by atoms with E-state index in [1.54, 1.807) is 41.5 Å². The molecule has 22 heavy (non-hydrogen) atoms. The second-order valence-electron chi connectivity index (χ2n) is 7.10. The van der Waals surface area contributed by atoms with Crippen molar-refractivity contribution in [2.75, 3.05) is 13.2 Å². The summed E-state index contributed by atoms with van der Waals surface area (Å²) in [6.07, 6.45) is 0.0750. The number of aliphatic hydroxyl groups excluding tert-OH is 1. The smallest absolute Gasteiger partial charge is 0.407 e. The first-order chi connectivity index (χ1) is 9.93. The van der Waals surface area contributed by atoms with Gasteiger partial charge in [-0.2, -0.15) is 0 Å². The number of carbonyl (C=O) groups is 2. The minimum Gasteiger partial charge on any atom is -0.444 e. The van der Waals surface area contributed by atoms with Gasteiger partial charge in [0.2, 0.25) is 0 Å². The van der Waals surface area contributed by atoms with Crippen molar-refractivity contribution in [3.8, 4) is 0 Å². The number of hydrogen-bond donors (Lipinski definition) is 3. The number of rotatable bonds is 6. The van der Waals surface area contributed by atoms with Crippen molar-refractivity contribution < 1.29 is 24.2 Å². The molecule has 0 radical (unpaired) electrons. The molecule has 0 spiro atoms. The van der Waals surface area contributed by atoms with Gasteiger partial charge in [0, 0.05) is 6.54 Å². The molecule has 0 saturated carbocycles. The van der Waals surface area contributed by atoms with E-state index in [1.165, 1.54) is 0 Å². The van der Waals surface area contributed by atoms with Crippen LogP contribution in [0, 0.1) is 0 Å². The van der Waals surface area contributed by atoms with E-state index in [9.17, 15) is 14.7 Å². The van der Waals surface area contributed by atoms with Crippen molar-refractivity contribution in [3.05, 3.63) is 0 Å². The van der Waals surface area contributed by atoms with E-state index in [0.717, 1.165) is 0 Å². The Labute approximate surface area is 132 Å². The molecule has 0 rings (SSSR count). The van der Waals surface area contributed by atoms with Crippen molar-refractivity contribution in [3.63, 3.8) is 0 Å². The maximum atomic E-state index is 11.6. The topological polar surface area (TPSA) is 96.9 Å². The number of ether oxygens (including phenoxy) is 2. The van der Waals surface area contributed by atoms with Gasteiger partial charge in [-0.15, -0.1) is 0 Å². The van der Waals surface area contributed by atoms with Gasteiger partial charge in [0.15, 0.2) is 0 Å². The number of amides is 2. The maximum Gasteiger partial charge on any atom is 0.407 e. The fourth-order valence-corrected chi connectivity index (χ4v) is 1.54. The van der Waals surface area contributed by atoms with Crippen molar-refractivity contribution in [2.24, 2.45) is 0 Å². The Bertz CT molecular complexity index is 358. The van der Waals surface area contributed by atoms with E-state index in [-0.39, 0.29) is 6.61 Å². The summed E-state index contributed by atoms with van der Waals surface area (Å²) in [5.41, 5.74) is -1.11. The summed E-state index contributed by atoms with van der Waals surface area (Å²) in [6.45, 7) is 10.9. The molecule has 1 atom stereocenters. The summed E-state index contributed by atoms with van der Waals surface area (Å²) in [5.74, 6) is 0. The highest BCUT2D eigenvalue weighted by molar-refractivity contribution is 5.68. The zero-order chi connectivity index (χ0) is 17.4. The molecule has 0 fully saturated rings. The normalized spacial score (nSPS) is 13.2. The van der Waals surface area contributed by atoms with E-state index < -0.39 is 29.4 Å². The Balaban J connectivity index is 3.96. The molecule has 2 amide bonds. The van der Waals surface area contributed by atoms with E-state index >= 15 is 0 Å². The number of alkyl carbamates (subject to hydrolysis) is 2. The molecule has 7 heteroatoms. The summed E-state index contributed by atoms with van der Waals surface area (Å²) >= 11 is 0. The number of hydrogen-bond acceptors (Lipinski definition) is 5. The van der Waals surface area contributed by atoms with Gasteiger partial charge in [0.05, 0.1) is 12.6 Å². The second-order valence-corrected chi connectivity index (χ2v) is 7.10. The zero-order valence-corrected chi connectivity index (χ0v) is 14.5. The Kier molecular flexibility index (Phi) is 8.22. The van der Waals surface area contributed by atoms with Crippen LogP contribution in [0.4, 0.5) is 9.59 Å². The summed E-state index contributed by atoms with van der Waals surface area (Å²) in [4.78, 5) is 23.0. The molecule has 0 aromatic carbocycles. The first-order valence-electron chi connectivity index (χ1n) is 7.50.